The molecule has 1 saturated heterocycles. The summed E-state index contributed by atoms with van der Waals surface area (Å²) in [5.41, 5.74) is 6.27. The lowest BCUT2D eigenvalue weighted by Crippen LogP contribution is -2.34. The molecule has 0 aromatic heterocycles. The second-order valence-corrected chi connectivity index (χ2v) is 5.34. The van der Waals surface area contributed by atoms with Crippen molar-refractivity contribution in [2.75, 3.05) is 13.2 Å². The second kappa shape index (κ2) is 5.86. The third-order valence-electron chi connectivity index (χ3n) is 4.25. The molecule has 0 aromatic carbocycles. The molecule has 2 aliphatic rings. The topological polar surface area (TPSA) is 35.2 Å². The van der Waals surface area contributed by atoms with Crippen LogP contribution in [-0.2, 0) is 4.74 Å². The molecule has 2 rings (SSSR count). The van der Waals surface area contributed by atoms with Crippen molar-refractivity contribution in [3.8, 4) is 0 Å². The van der Waals surface area contributed by atoms with E-state index >= 15 is 0 Å². The van der Waals surface area contributed by atoms with Crippen LogP contribution in [-0.4, -0.2) is 19.3 Å². The Morgan fingerprint density at radius 1 is 1.07 bits per heavy atom. The smallest absolute Gasteiger partial charge is 0.0469 e. The van der Waals surface area contributed by atoms with Crippen molar-refractivity contribution in [1.29, 1.82) is 0 Å². The third kappa shape index (κ3) is 3.46. The Morgan fingerprint density at radius 2 is 1.73 bits per heavy atom. The van der Waals surface area contributed by atoms with Crippen molar-refractivity contribution in [3.05, 3.63) is 0 Å². The van der Waals surface area contributed by atoms with Crippen LogP contribution in [0.15, 0.2) is 0 Å². The molecule has 1 heterocycles. The molecular weight excluding hydrogens is 186 g/mol. The summed E-state index contributed by atoms with van der Waals surface area (Å²) >= 11 is 0. The predicted octanol–water partition coefficient (Wildman–Crippen LogP) is 2.71. The predicted molar refractivity (Wildman–Crippen MR) is 62.7 cm³/mol. The minimum atomic E-state index is 0.439. The van der Waals surface area contributed by atoms with E-state index in [2.05, 4.69) is 0 Å². The monoisotopic (exact) mass is 211 g/mol. The van der Waals surface area contributed by atoms with E-state index in [0.717, 1.165) is 25.0 Å². The summed E-state index contributed by atoms with van der Waals surface area (Å²) in [6, 6.07) is 0.439. The zero-order valence-electron chi connectivity index (χ0n) is 9.79. The maximum atomic E-state index is 6.27. The van der Waals surface area contributed by atoms with E-state index < -0.39 is 0 Å². The van der Waals surface area contributed by atoms with Crippen molar-refractivity contribution in [2.24, 2.45) is 17.6 Å². The quantitative estimate of drug-likeness (QED) is 0.776. The van der Waals surface area contributed by atoms with Gasteiger partial charge < -0.3 is 10.5 Å². The minimum absolute atomic E-state index is 0.439. The molecule has 2 fully saturated rings. The number of hydrogen-bond donors (Lipinski definition) is 1. The summed E-state index contributed by atoms with van der Waals surface area (Å²) in [7, 11) is 0. The average molecular weight is 211 g/mol. The first-order valence-electron chi connectivity index (χ1n) is 6.69. The molecule has 1 saturated carbocycles. The van der Waals surface area contributed by atoms with E-state index in [1.54, 1.807) is 0 Å². The van der Waals surface area contributed by atoms with Crippen LogP contribution in [0.25, 0.3) is 0 Å². The zero-order valence-corrected chi connectivity index (χ0v) is 9.79. The second-order valence-electron chi connectivity index (χ2n) is 5.34. The molecule has 2 heteroatoms. The molecule has 0 bridgehead atoms. The van der Waals surface area contributed by atoms with Crippen molar-refractivity contribution in [2.45, 2.75) is 57.4 Å². The summed E-state index contributed by atoms with van der Waals surface area (Å²) in [5.74, 6) is 1.73. The Morgan fingerprint density at radius 3 is 2.40 bits per heavy atom. The lowest BCUT2D eigenvalue weighted by atomic mass is 9.87. The number of rotatable bonds is 4. The van der Waals surface area contributed by atoms with Crippen LogP contribution < -0.4 is 5.73 Å². The Labute approximate surface area is 93.6 Å². The van der Waals surface area contributed by atoms with Crippen molar-refractivity contribution in [3.63, 3.8) is 0 Å². The first-order valence-corrected chi connectivity index (χ1v) is 6.69. The van der Waals surface area contributed by atoms with Gasteiger partial charge in [0.25, 0.3) is 0 Å². The standard InChI is InChI=1S/C13H25NO/c14-13(12-7-9-15-10-8-12)6-5-11-3-1-2-4-11/h11-13H,1-10,14H2. The Kier molecular flexibility index (Phi) is 4.45. The van der Waals surface area contributed by atoms with Gasteiger partial charge in [-0.15, -0.1) is 0 Å². The van der Waals surface area contributed by atoms with E-state index in [4.69, 9.17) is 10.5 Å². The fourth-order valence-electron chi connectivity index (χ4n) is 3.11. The van der Waals surface area contributed by atoms with Gasteiger partial charge in [-0.2, -0.15) is 0 Å². The van der Waals surface area contributed by atoms with Gasteiger partial charge in [-0.3, -0.25) is 0 Å². The average Bonchev–Trinajstić information content (AvgIpc) is 2.80. The minimum Gasteiger partial charge on any atom is -0.381 e. The fraction of sp³-hybridized carbons (Fsp3) is 1.00. The molecule has 2 nitrogen and oxygen atoms in total. The fourth-order valence-corrected chi connectivity index (χ4v) is 3.11. The van der Waals surface area contributed by atoms with Gasteiger partial charge in [0, 0.05) is 19.3 Å². The van der Waals surface area contributed by atoms with Crippen LogP contribution in [0.3, 0.4) is 0 Å². The van der Waals surface area contributed by atoms with Gasteiger partial charge in [0.2, 0.25) is 0 Å². The summed E-state index contributed by atoms with van der Waals surface area (Å²) in [6.07, 6.45) is 10.8. The van der Waals surface area contributed by atoms with Gasteiger partial charge in [0.15, 0.2) is 0 Å². The SMILES string of the molecule is NC(CCC1CCCC1)C1CCOCC1. The highest BCUT2D eigenvalue weighted by Gasteiger charge is 2.22. The summed E-state index contributed by atoms with van der Waals surface area (Å²) in [4.78, 5) is 0. The van der Waals surface area contributed by atoms with Crippen molar-refractivity contribution < 1.29 is 4.74 Å². The summed E-state index contributed by atoms with van der Waals surface area (Å²) in [5, 5.41) is 0. The zero-order chi connectivity index (χ0) is 10.5. The van der Waals surface area contributed by atoms with E-state index in [0.29, 0.717) is 6.04 Å². The van der Waals surface area contributed by atoms with E-state index in [1.807, 2.05) is 0 Å². The lowest BCUT2D eigenvalue weighted by Gasteiger charge is -2.28. The molecule has 0 spiro atoms. The molecule has 15 heavy (non-hydrogen) atoms. The molecular formula is C13H25NO. The lowest BCUT2D eigenvalue weighted by molar-refractivity contribution is 0.0568. The van der Waals surface area contributed by atoms with E-state index in [1.165, 1.54) is 51.4 Å². The Bertz CT molecular complexity index is 171. The molecule has 88 valence electrons. The maximum absolute atomic E-state index is 6.27. The Balaban J connectivity index is 1.64. The normalized spacial score (nSPS) is 27.0. The van der Waals surface area contributed by atoms with E-state index in [9.17, 15) is 0 Å². The van der Waals surface area contributed by atoms with Gasteiger partial charge in [0.1, 0.15) is 0 Å². The first-order chi connectivity index (χ1) is 7.36. The number of hydrogen-bond acceptors (Lipinski definition) is 2. The largest absolute Gasteiger partial charge is 0.381 e. The van der Waals surface area contributed by atoms with Gasteiger partial charge in [-0.25, -0.2) is 0 Å². The molecule has 1 aliphatic carbocycles. The first kappa shape index (κ1) is 11.4. The number of ether oxygens (including phenoxy) is 1. The maximum Gasteiger partial charge on any atom is 0.0469 e. The third-order valence-corrected chi connectivity index (χ3v) is 4.25. The van der Waals surface area contributed by atoms with Crippen LogP contribution in [0.2, 0.25) is 0 Å². The molecule has 1 unspecified atom stereocenters. The highest BCUT2D eigenvalue weighted by atomic mass is 16.5. The van der Waals surface area contributed by atoms with Gasteiger partial charge in [0.05, 0.1) is 0 Å². The van der Waals surface area contributed by atoms with Crippen molar-refractivity contribution >= 4 is 0 Å². The Hall–Kier alpha value is -0.0800. The highest BCUT2D eigenvalue weighted by molar-refractivity contribution is 4.77. The highest BCUT2D eigenvalue weighted by Crippen LogP contribution is 2.30. The van der Waals surface area contributed by atoms with Gasteiger partial charge in [-0.1, -0.05) is 25.7 Å². The summed E-state index contributed by atoms with van der Waals surface area (Å²) < 4.78 is 5.37. The molecule has 1 atom stereocenters. The molecule has 0 aromatic rings. The van der Waals surface area contributed by atoms with Gasteiger partial charge >= 0.3 is 0 Å². The van der Waals surface area contributed by atoms with E-state index in [-0.39, 0.29) is 0 Å². The molecule has 0 radical (unpaired) electrons. The number of nitrogens with two attached hydrogens (primary N) is 1. The molecule has 0 amide bonds. The molecule has 2 N–H and O–H groups in total. The van der Waals surface area contributed by atoms with Gasteiger partial charge in [-0.05, 0) is 37.5 Å². The van der Waals surface area contributed by atoms with Crippen LogP contribution in [0, 0.1) is 11.8 Å². The van der Waals surface area contributed by atoms with Crippen molar-refractivity contribution in [1.82, 2.24) is 0 Å². The van der Waals surface area contributed by atoms with Crippen LogP contribution in [0.1, 0.15) is 51.4 Å². The van der Waals surface area contributed by atoms with Crippen LogP contribution in [0.4, 0.5) is 0 Å². The van der Waals surface area contributed by atoms with Crippen LogP contribution in [0.5, 0.6) is 0 Å². The molecule has 1 aliphatic heterocycles. The summed E-state index contributed by atoms with van der Waals surface area (Å²) in [6.45, 7) is 1.86. The van der Waals surface area contributed by atoms with Crippen LogP contribution >= 0.6 is 0 Å².